The summed E-state index contributed by atoms with van der Waals surface area (Å²) in [5.41, 5.74) is 1.25. The van der Waals surface area contributed by atoms with Crippen molar-refractivity contribution in [3.63, 3.8) is 0 Å². The number of amides is 2. The number of nitrogens with zero attached hydrogens (tertiary/aromatic N) is 3. The Labute approximate surface area is 196 Å². The van der Waals surface area contributed by atoms with Gasteiger partial charge in [-0.1, -0.05) is 30.3 Å². The van der Waals surface area contributed by atoms with E-state index in [0.717, 1.165) is 8.47 Å². The number of imidazole rings is 1. The van der Waals surface area contributed by atoms with Crippen LogP contribution in [0.2, 0.25) is 0 Å². The van der Waals surface area contributed by atoms with Gasteiger partial charge in [0.25, 0.3) is 5.91 Å². The lowest BCUT2D eigenvalue weighted by Gasteiger charge is -2.35. The summed E-state index contributed by atoms with van der Waals surface area (Å²) in [5.74, 6) is -0.143. The van der Waals surface area contributed by atoms with E-state index in [4.69, 9.17) is 0 Å². The number of carboxylic acid groups (broad SMARTS) is 1. The van der Waals surface area contributed by atoms with Gasteiger partial charge < -0.3 is 15.2 Å². The van der Waals surface area contributed by atoms with Crippen LogP contribution in [-0.2, 0) is 5.72 Å². The second kappa shape index (κ2) is 7.31. The summed E-state index contributed by atoms with van der Waals surface area (Å²) in [7, 11) is 1.39. The molecule has 5 rings (SSSR count). The van der Waals surface area contributed by atoms with E-state index in [1.807, 2.05) is 18.2 Å². The fourth-order valence-corrected chi connectivity index (χ4v) is 4.55. The number of benzene rings is 3. The Morgan fingerprint density at radius 2 is 1.91 bits per heavy atom. The molecule has 0 saturated heterocycles. The van der Waals surface area contributed by atoms with Crippen molar-refractivity contribution in [2.75, 3.05) is 16.8 Å². The van der Waals surface area contributed by atoms with E-state index in [-0.39, 0.29) is 11.9 Å². The summed E-state index contributed by atoms with van der Waals surface area (Å²) in [6.07, 6.45) is -1.15. The van der Waals surface area contributed by atoms with Crippen LogP contribution < -0.4 is 9.80 Å². The van der Waals surface area contributed by atoms with Gasteiger partial charge in [-0.2, -0.15) is 0 Å². The van der Waals surface area contributed by atoms with Crippen molar-refractivity contribution in [1.82, 2.24) is 9.97 Å². The summed E-state index contributed by atoms with van der Waals surface area (Å²) in [6.45, 7) is 0. The van der Waals surface area contributed by atoms with Gasteiger partial charge in [0.1, 0.15) is 0 Å². The molecule has 1 atom stereocenters. The summed E-state index contributed by atoms with van der Waals surface area (Å²) in [5, 5.41) is 21.3. The number of rotatable bonds is 3. The topological polar surface area (TPSA) is 110 Å². The summed E-state index contributed by atoms with van der Waals surface area (Å²) < 4.78 is 0.927. The second-order valence-corrected chi connectivity index (χ2v) is 8.72. The van der Waals surface area contributed by atoms with Crippen LogP contribution in [0.3, 0.4) is 0 Å². The molecule has 1 aliphatic heterocycles. The number of halogens is 1. The Hall–Kier alpha value is -3.44. The standard InChI is InChI=1S/C23H17IN4O4/c1-27(22(30)31)21-25-18-10-9-13(11-19(18)26-21)23(32)17-8-3-2-7-16(17)20(29)28(23)15-6-4-5-14(24)12-15/h2-12,32H,1H3,(H,25,26)(H,30,31). The molecular weight excluding hydrogens is 523 g/mol. The first-order valence-corrected chi connectivity index (χ1v) is 10.8. The van der Waals surface area contributed by atoms with Gasteiger partial charge in [0.15, 0.2) is 5.72 Å². The molecule has 1 unspecified atom stereocenters. The average Bonchev–Trinajstić information content (AvgIpc) is 3.30. The van der Waals surface area contributed by atoms with Crippen molar-refractivity contribution in [3.05, 3.63) is 87.0 Å². The predicted octanol–water partition coefficient (Wildman–Crippen LogP) is 4.14. The van der Waals surface area contributed by atoms with Crippen molar-refractivity contribution < 1.29 is 19.8 Å². The fourth-order valence-electron chi connectivity index (χ4n) is 4.03. The summed E-state index contributed by atoms with van der Waals surface area (Å²) >= 11 is 2.17. The van der Waals surface area contributed by atoms with E-state index in [9.17, 15) is 19.8 Å². The Morgan fingerprint density at radius 3 is 2.66 bits per heavy atom. The average molecular weight is 540 g/mol. The molecule has 1 aliphatic rings. The van der Waals surface area contributed by atoms with E-state index >= 15 is 0 Å². The van der Waals surface area contributed by atoms with Crippen LogP contribution in [0.1, 0.15) is 21.5 Å². The molecule has 8 nitrogen and oxygen atoms in total. The first kappa shape index (κ1) is 20.5. The molecule has 9 heteroatoms. The minimum absolute atomic E-state index is 0.161. The van der Waals surface area contributed by atoms with Crippen molar-refractivity contribution in [3.8, 4) is 0 Å². The third-order valence-corrected chi connectivity index (χ3v) is 6.27. The van der Waals surface area contributed by atoms with E-state index in [1.54, 1.807) is 48.5 Å². The van der Waals surface area contributed by atoms with Crippen molar-refractivity contribution in [2.45, 2.75) is 5.72 Å². The van der Waals surface area contributed by atoms with Crippen molar-refractivity contribution >= 4 is 57.3 Å². The number of H-pyrrole nitrogens is 1. The largest absolute Gasteiger partial charge is 0.465 e. The van der Waals surface area contributed by atoms with Crippen LogP contribution in [0.5, 0.6) is 0 Å². The van der Waals surface area contributed by atoms with Gasteiger partial charge in [-0.25, -0.2) is 9.78 Å². The zero-order chi connectivity index (χ0) is 22.6. The molecule has 2 heterocycles. The number of carbonyl (C=O) groups is 2. The molecule has 32 heavy (non-hydrogen) atoms. The van der Waals surface area contributed by atoms with Gasteiger partial charge in [0.2, 0.25) is 5.95 Å². The maximum absolute atomic E-state index is 13.4. The fraction of sp³-hybridized carbons (Fsp3) is 0.0870. The van der Waals surface area contributed by atoms with Gasteiger partial charge in [-0.3, -0.25) is 14.6 Å². The maximum Gasteiger partial charge on any atom is 0.413 e. The number of aromatic nitrogens is 2. The highest BCUT2D eigenvalue weighted by Gasteiger charge is 2.50. The lowest BCUT2D eigenvalue weighted by molar-refractivity contribution is 0.0704. The van der Waals surface area contributed by atoms with E-state index in [0.29, 0.717) is 33.4 Å². The monoisotopic (exact) mass is 540 g/mol. The molecular formula is C23H17IN4O4. The molecule has 1 aromatic heterocycles. The van der Waals surface area contributed by atoms with E-state index in [1.165, 1.54) is 11.9 Å². The predicted molar refractivity (Wildman–Crippen MR) is 128 cm³/mol. The minimum atomic E-state index is -1.75. The first-order chi connectivity index (χ1) is 15.3. The van der Waals surface area contributed by atoms with Crippen LogP contribution in [0.15, 0.2) is 66.7 Å². The number of aliphatic hydroxyl groups is 1. The number of carbonyl (C=O) groups excluding carboxylic acids is 1. The Balaban J connectivity index is 1.72. The highest BCUT2D eigenvalue weighted by Crippen LogP contribution is 2.45. The Morgan fingerprint density at radius 1 is 1.12 bits per heavy atom. The number of anilines is 2. The number of hydrogen-bond donors (Lipinski definition) is 3. The van der Waals surface area contributed by atoms with Gasteiger partial charge in [-0.15, -0.1) is 0 Å². The number of aromatic amines is 1. The molecule has 160 valence electrons. The van der Waals surface area contributed by atoms with Crippen LogP contribution in [0, 0.1) is 3.57 Å². The zero-order valence-corrected chi connectivity index (χ0v) is 18.9. The molecule has 0 aliphatic carbocycles. The van der Waals surface area contributed by atoms with Gasteiger partial charge in [0.05, 0.1) is 11.0 Å². The molecule has 0 fully saturated rings. The summed E-state index contributed by atoms with van der Waals surface area (Å²) in [6, 6.07) is 19.4. The van der Waals surface area contributed by atoms with Gasteiger partial charge in [0, 0.05) is 33.0 Å². The highest BCUT2D eigenvalue weighted by atomic mass is 127. The van der Waals surface area contributed by atoms with Crippen LogP contribution in [0.25, 0.3) is 11.0 Å². The second-order valence-electron chi connectivity index (χ2n) is 7.47. The molecule has 3 N–H and O–H groups in total. The molecule has 3 aromatic carbocycles. The van der Waals surface area contributed by atoms with Crippen LogP contribution >= 0.6 is 22.6 Å². The third-order valence-electron chi connectivity index (χ3n) is 5.60. The molecule has 0 bridgehead atoms. The number of fused-ring (bicyclic) bond motifs is 2. The van der Waals surface area contributed by atoms with E-state index in [2.05, 4.69) is 32.6 Å². The lowest BCUT2D eigenvalue weighted by Crippen LogP contribution is -2.45. The smallest absolute Gasteiger partial charge is 0.413 e. The quantitative estimate of drug-likeness (QED) is 0.339. The van der Waals surface area contributed by atoms with E-state index < -0.39 is 11.8 Å². The zero-order valence-electron chi connectivity index (χ0n) is 16.8. The summed E-state index contributed by atoms with van der Waals surface area (Å²) in [4.78, 5) is 34.3. The van der Waals surface area contributed by atoms with Crippen molar-refractivity contribution in [1.29, 1.82) is 0 Å². The number of nitrogens with one attached hydrogen (secondary N) is 1. The Bertz CT molecular complexity index is 1400. The minimum Gasteiger partial charge on any atom is -0.465 e. The normalized spacial score (nSPS) is 17.6. The lowest BCUT2D eigenvalue weighted by atomic mass is 9.93. The maximum atomic E-state index is 13.4. The van der Waals surface area contributed by atoms with Crippen LogP contribution in [-0.4, -0.2) is 39.2 Å². The van der Waals surface area contributed by atoms with Gasteiger partial charge in [-0.05, 0) is 59.0 Å². The molecule has 4 aromatic rings. The molecule has 2 amide bonds. The molecule has 0 radical (unpaired) electrons. The highest BCUT2D eigenvalue weighted by molar-refractivity contribution is 14.1. The third kappa shape index (κ3) is 2.96. The molecule has 0 saturated carbocycles. The SMILES string of the molecule is CN(C(=O)O)c1nc2ccc(C3(O)c4ccccc4C(=O)N3c3cccc(I)c3)cc2[nH]1. The number of hydrogen-bond acceptors (Lipinski definition) is 4. The first-order valence-electron chi connectivity index (χ1n) is 9.69. The van der Waals surface area contributed by atoms with Crippen LogP contribution in [0.4, 0.5) is 16.4 Å². The Kier molecular flexibility index (Phi) is 4.68. The van der Waals surface area contributed by atoms with Gasteiger partial charge >= 0.3 is 6.09 Å². The van der Waals surface area contributed by atoms with Crippen molar-refractivity contribution in [2.24, 2.45) is 0 Å². The molecule has 0 spiro atoms.